The fraction of sp³-hybridized carbons (Fsp3) is 0.318. The minimum absolute atomic E-state index is 0.00991. The number of benzene rings is 1. The van der Waals surface area contributed by atoms with Gasteiger partial charge in [-0.3, -0.25) is 4.79 Å². The van der Waals surface area contributed by atoms with Crippen molar-refractivity contribution in [2.45, 2.75) is 44.8 Å². The number of thiophene rings is 1. The maximum absolute atomic E-state index is 13.2. The zero-order valence-corrected chi connectivity index (χ0v) is 18.3. The summed E-state index contributed by atoms with van der Waals surface area (Å²) >= 11 is 3.02. The van der Waals surface area contributed by atoms with Crippen LogP contribution in [0.15, 0.2) is 40.8 Å². The fourth-order valence-electron chi connectivity index (χ4n) is 3.84. The van der Waals surface area contributed by atoms with Crippen LogP contribution >= 0.6 is 23.1 Å². The maximum Gasteiger partial charge on any atom is 0.347 e. The van der Waals surface area contributed by atoms with Crippen LogP contribution in [0.4, 0.5) is 5.69 Å². The molecule has 0 unspecified atom stereocenters. The number of aromatic nitrogens is 2. The smallest absolute Gasteiger partial charge is 0.325 e. The monoisotopic (exact) mass is 426 g/mol. The average Bonchev–Trinajstić information content (AvgIpc) is 3.26. The van der Waals surface area contributed by atoms with Crippen LogP contribution in [0.5, 0.6) is 0 Å². The Balaban J connectivity index is 1.60. The van der Waals surface area contributed by atoms with E-state index < -0.39 is 0 Å². The number of thioether (sulfide) groups is 1. The van der Waals surface area contributed by atoms with E-state index in [0.717, 1.165) is 46.3 Å². The lowest BCUT2D eigenvalue weighted by Crippen LogP contribution is -2.30. The highest BCUT2D eigenvalue weighted by atomic mass is 32.2. The second-order valence-corrected chi connectivity index (χ2v) is 9.37. The van der Waals surface area contributed by atoms with Crippen molar-refractivity contribution in [1.29, 1.82) is 0 Å². The van der Waals surface area contributed by atoms with Crippen molar-refractivity contribution in [3.63, 3.8) is 0 Å². The predicted octanol–water partition coefficient (Wildman–Crippen LogP) is 3.90. The quantitative estimate of drug-likeness (QED) is 0.369. The molecule has 0 spiro atoms. The van der Waals surface area contributed by atoms with E-state index in [1.165, 1.54) is 22.2 Å². The van der Waals surface area contributed by atoms with E-state index in [4.69, 9.17) is 0 Å². The van der Waals surface area contributed by atoms with Gasteiger partial charge in [-0.25, -0.2) is 9.78 Å². The second kappa shape index (κ2) is 8.16. The molecule has 0 saturated carbocycles. The lowest BCUT2D eigenvalue weighted by Gasteiger charge is -2.11. The first-order chi connectivity index (χ1) is 14.0. The Morgan fingerprint density at radius 1 is 1.34 bits per heavy atom. The highest BCUT2D eigenvalue weighted by Gasteiger charge is 2.27. The van der Waals surface area contributed by atoms with Crippen molar-refractivity contribution >= 4 is 44.9 Å². The molecule has 0 aliphatic heterocycles. The summed E-state index contributed by atoms with van der Waals surface area (Å²) in [5.41, 5.74) is 4.14. The van der Waals surface area contributed by atoms with E-state index in [-0.39, 0.29) is 17.2 Å². The SMILES string of the molecule is C=CCn1c(SCC(=O)Nc2c(C)cccc2C)[nH+]c2sc3c(c2c1=O)CCC3. The highest BCUT2D eigenvalue weighted by molar-refractivity contribution is 7.99. The third-order valence-electron chi connectivity index (χ3n) is 5.24. The molecule has 1 amide bonds. The van der Waals surface area contributed by atoms with Gasteiger partial charge >= 0.3 is 10.7 Å². The summed E-state index contributed by atoms with van der Waals surface area (Å²) in [7, 11) is 0. The number of allylic oxidation sites excluding steroid dienone is 1. The Kier molecular flexibility index (Phi) is 5.61. The number of carbonyl (C=O) groups is 1. The van der Waals surface area contributed by atoms with Crippen molar-refractivity contribution in [3.8, 4) is 0 Å². The molecule has 2 aromatic heterocycles. The van der Waals surface area contributed by atoms with Gasteiger partial charge in [0.25, 0.3) is 0 Å². The Morgan fingerprint density at radius 3 is 2.83 bits per heavy atom. The van der Waals surface area contributed by atoms with Gasteiger partial charge in [0.15, 0.2) is 4.83 Å². The van der Waals surface area contributed by atoms with Crippen LogP contribution in [0.2, 0.25) is 0 Å². The minimum atomic E-state index is -0.0906. The lowest BCUT2D eigenvalue weighted by atomic mass is 10.1. The minimum Gasteiger partial charge on any atom is -0.325 e. The Bertz CT molecular complexity index is 1160. The zero-order chi connectivity index (χ0) is 20.5. The molecule has 5 nitrogen and oxygen atoms in total. The van der Waals surface area contributed by atoms with Crippen LogP contribution < -0.4 is 15.9 Å². The molecular weight excluding hydrogens is 402 g/mol. The van der Waals surface area contributed by atoms with E-state index in [0.29, 0.717) is 11.7 Å². The third-order valence-corrected chi connectivity index (χ3v) is 7.45. The molecule has 7 heteroatoms. The van der Waals surface area contributed by atoms with E-state index in [9.17, 15) is 9.59 Å². The molecule has 2 N–H and O–H groups in total. The molecular formula is C22H24N3O2S2+. The number of hydrogen-bond acceptors (Lipinski definition) is 4. The first kappa shape index (κ1) is 19.9. The first-order valence-corrected chi connectivity index (χ1v) is 11.5. The molecule has 3 aromatic rings. The molecule has 29 heavy (non-hydrogen) atoms. The number of amides is 1. The number of hydrogen-bond donors (Lipinski definition) is 1. The molecule has 0 radical (unpaired) electrons. The molecule has 2 heterocycles. The number of para-hydroxylation sites is 1. The van der Waals surface area contributed by atoms with Gasteiger partial charge in [-0.2, -0.15) is 4.57 Å². The summed E-state index contributed by atoms with van der Waals surface area (Å²) < 4.78 is 1.69. The fourth-order valence-corrected chi connectivity index (χ4v) is 6.01. The number of H-pyrrole nitrogens is 1. The van der Waals surface area contributed by atoms with Crippen LogP contribution in [-0.4, -0.2) is 16.2 Å². The molecule has 1 aliphatic rings. The van der Waals surface area contributed by atoms with E-state index in [2.05, 4.69) is 16.9 Å². The number of nitrogens with zero attached hydrogens (tertiary/aromatic N) is 1. The summed E-state index contributed by atoms with van der Waals surface area (Å²) in [5.74, 6) is 0.129. The summed E-state index contributed by atoms with van der Waals surface area (Å²) in [6.45, 7) is 8.17. The molecule has 0 atom stereocenters. The van der Waals surface area contributed by atoms with Gasteiger partial charge in [-0.1, -0.05) is 42.2 Å². The number of carbonyl (C=O) groups excluding carboxylic acids is 1. The van der Waals surface area contributed by atoms with Crippen LogP contribution in [-0.2, 0) is 24.2 Å². The maximum atomic E-state index is 13.2. The Morgan fingerprint density at radius 2 is 2.10 bits per heavy atom. The van der Waals surface area contributed by atoms with Crippen LogP contribution in [0.1, 0.15) is 28.0 Å². The Labute approximate surface area is 177 Å². The van der Waals surface area contributed by atoms with Crippen molar-refractivity contribution in [2.24, 2.45) is 0 Å². The predicted molar refractivity (Wildman–Crippen MR) is 120 cm³/mol. The average molecular weight is 427 g/mol. The van der Waals surface area contributed by atoms with Crippen LogP contribution in [0.3, 0.4) is 0 Å². The number of rotatable bonds is 6. The van der Waals surface area contributed by atoms with Gasteiger partial charge in [0, 0.05) is 10.6 Å². The van der Waals surface area contributed by atoms with Crippen molar-refractivity contribution in [3.05, 3.63) is 62.8 Å². The number of fused-ring (bicyclic) bond motifs is 3. The van der Waals surface area contributed by atoms with Gasteiger partial charge < -0.3 is 5.32 Å². The van der Waals surface area contributed by atoms with Gasteiger partial charge in [0.1, 0.15) is 11.9 Å². The highest BCUT2D eigenvalue weighted by Crippen LogP contribution is 2.34. The zero-order valence-electron chi connectivity index (χ0n) is 16.6. The molecule has 0 saturated heterocycles. The van der Waals surface area contributed by atoms with E-state index in [1.54, 1.807) is 22.0 Å². The van der Waals surface area contributed by atoms with Gasteiger partial charge in [-0.05, 0) is 61.6 Å². The number of nitrogens with one attached hydrogen (secondary N) is 2. The van der Waals surface area contributed by atoms with Crippen molar-refractivity contribution < 1.29 is 9.78 Å². The van der Waals surface area contributed by atoms with Crippen molar-refractivity contribution in [2.75, 3.05) is 11.1 Å². The molecule has 0 bridgehead atoms. The molecule has 150 valence electrons. The Hall–Kier alpha value is -2.38. The van der Waals surface area contributed by atoms with Gasteiger partial charge in [0.05, 0.1) is 5.75 Å². The molecule has 4 rings (SSSR count). The van der Waals surface area contributed by atoms with E-state index in [1.807, 2.05) is 32.0 Å². The first-order valence-electron chi connectivity index (χ1n) is 9.69. The topological polar surface area (TPSA) is 65.2 Å². The summed E-state index contributed by atoms with van der Waals surface area (Å²) in [6.07, 6.45) is 4.85. The number of anilines is 1. The van der Waals surface area contributed by atoms with Gasteiger partial charge in [-0.15, -0.1) is 0 Å². The molecule has 1 aromatic carbocycles. The van der Waals surface area contributed by atoms with E-state index >= 15 is 0 Å². The third kappa shape index (κ3) is 3.76. The summed E-state index contributed by atoms with van der Waals surface area (Å²) in [5, 5.41) is 4.51. The second-order valence-electron chi connectivity index (χ2n) is 7.30. The normalized spacial score (nSPS) is 12.9. The number of aromatic amines is 1. The summed E-state index contributed by atoms with van der Waals surface area (Å²) in [4.78, 5) is 31.4. The largest absolute Gasteiger partial charge is 0.347 e. The van der Waals surface area contributed by atoms with Gasteiger partial charge in [0.2, 0.25) is 5.91 Å². The van der Waals surface area contributed by atoms with Crippen LogP contribution in [0, 0.1) is 13.8 Å². The van der Waals surface area contributed by atoms with Crippen molar-refractivity contribution in [1.82, 2.24) is 4.57 Å². The number of aryl methyl sites for hydroxylation is 4. The lowest BCUT2D eigenvalue weighted by molar-refractivity contribution is -0.404. The van der Waals surface area contributed by atoms with Crippen LogP contribution in [0.25, 0.3) is 10.2 Å². The summed E-state index contributed by atoms with van der Waals surface area (Å²) in [6, 6.07) is 5.94. The standard InChI is InChI=1S/C22H23N3O2S2/c1-4-11-25-21(27)18-15-9-6-10-16(15)29-20(18)24-22(25)28-12-17(26)23-19-13(2)7-5-8-14(19)3/h4-5,7-8H,1,6,9-12H2,2-3H3,(H,23,26)/p+1. The molecule has 1 aliphatic carbocycles. The molecule has 0 fully saturated rings.